The number of carbonyl (C=O) groups is 1. The van der Waals surface area contributed by atoms with Gasteiger partial charge in [-0.25, -0.2) is 4.39 Å². The predicted octanol–water partition coefficient (Wildman–Crippen LogP) is 3.54. The molecule has 0 spiro atoms. The van der Waals surface area contributed by atoms with Gasteiger partial charge in [0.1, 0.15) is 12.4 Å². The second kappa shape index (κ2) is 5.56. The highest BCUT2D eigenvalue weighted by atomic mass is 19.1. The van der Waals surface area contributed by atoms with E-state index in [1.807, 2.05) is 12.1 Å². The number of hydrogen-bond acceptors (Lipinski definition) is 3. The van der Waals surface area contributed by atoms with Gasteiger partial charge in [-0.05, 0) is 18.6 Å². The van der Waals surface area contributed by atoms with E-state index < -0.39 is 5.82 Å². The SMILES string of the molecule is COc1cccc(COc2cccc3c2CCC3=O)c1F. The van der Waals surface area contributed by atoms with E-state index in [1.54, 1.807) is 24.3 Å². The lowest BCUT2D eigenvalue weighted by atomic mass is 10.1. The molecule has 108 valence electrons. The third kappa shape index (κ3) is 2.49. The summed E-state index contributed by atoms with van der Waals surface area (Å²) in [5, 5.41) is 0. The van der Waals surface area contributed by atoms with Crippen LogP contribution in [0.15, 0.2) is 36.4 Å². The van der Waals surface area contributed by atoms with Gasteiger partial charge in [-0.1, -0.05) is 24.3 Å². The van der Waals surface area contributed by atoms with E-state index in [2.05, 4.69) is 0 Å². The Hall–Kier alpha value is -2.36. The molecule has 0 atom stereocenters. The lowest BCUT2D eigenvalue weighted by Crippen LogP contribution is -2.02. The van der Waals surface area contributed by atoms with E-state index in [1.165, 1.54) is 7.11 Å². The Morgan fingerprint density at radius 1 is 1.10 bits per heavy atom. The van der Waals surface area contributed by atoms with Crippen LogP contribution in [0.3, 0.4) is 0 Å². The third-order valence-corrected chi connectivity index (χ3v) is 3.68. The fourth-order valence-corrected chi connectivity index (χ4v) is 2.57. The number of methoxy groups -OCH3 is 1. The van der Waals surface area contributed by atoms with Gasteiger partial charge in [0.05, 0.1) is 7.11 Å². The van der Waals surface area contributed by atoms with Gasteiger partial charge in [0.2, 0.25) is 0 Å². The number of fused-ring (bicyclic) bond motifs is 1. The second-order valence-electron chi connectivity index (χ2n) is 4.93. The Morgan fingerprint density at radius 3 is 2.67 bits per heavy atom. The lowest BCUT2D eigenvalue weighted by molar-refractivity contribution is 0.0994. The summed E-state index contributed by atoms with van der Waals surface area (Å²) in [6, 6.07) is 10.4. The number of ether oxygens (including phenoxy) is 2. The molecule has 0 amide bonds. The average Bonchev–Trinajstić information content (AvgIpc) is 2.88. The van der Waals surface area contributed by atoms with Gasteiger partial charge < -0.3 is 9.47 Å². The van der Waals surface area contributed by atoms with Crippen LogP contribution in [-0.2, 0) is 13.0 Å². The van der Waals surface area contributed by atoms with E-state index in [9.17, 15) is 9.18 Å². The molecule has 0 radical (unpaired) electrons. The molecular weight excluding hydrogens is 271 g/mol. The summed E-state index contributed by atoms with van der Waals surface area (Å²) in [5.74, 6) is 0.580. The number of halogens is 1. The maximum atomic E-state index is 14.1. The van der Waals surface area contributed by atoms with Crippen molar-refractivity contribution in [2.24, 2.45) is 0 Å². The lowest BCUT2D eigenvalue weighted by Gasteiger charge is -2.12. The Morgan fingerprint density at radius 2 is 1.86 bits per heavy atom. The van der Waals surface area contributed by atoms with Crippen molar-refractivity contribution in [3.8, 4) is 11.5 Å². The Balaban J connectivity index is 1.82. The summed E-state index contributed by atoms with van der Waals surface area (Å²) in [4.78, 5) is 11.7. The summed E-state index contributed by atoms with van der Waals surface area (Å²) < 4.78 is 24.7. The zero-order chi connectivity index (χ0) is 14.8. The number of carbonyl (C=O) groups excluding carboxylic acids is 1. The van der Waals surface area contributed by atoms with Crippen molar-refractivity contribution in [2.75, 3.05) is 7.11 Å². The highest BCUT2D eigenvalue weighted by Gasteiger charge is 2.22. The number of ketones is 1. The minimum Gasteiger partial charge on any atom is -0.494 e. The monoisotopic (exact) mass is 286 g/mol. The molecule has 2 aromatic rings. The summed E-state index contributed by atoms with van der Waals surface area (Å²) in [5.41, 5.74) is 2.07. The Bertz CT molecular complexity index is 694. The van der Waals surface area contributed by atoms with Crippen molar-refractivity contribution >= 4 is 5.78 Å². The van der Waals surface area contributed by atoms with Crippen LogP contribution in [-0.4, -0.2) is 12.9 Å². The molecule has 0 fully saturated rings. The highest BCUT2D eigenvalue weighted by molar-refractivity contribution is 6.01. The zero-order valence-corrected chi connectivity index (χ0v) is 11.7. The van der Waals surface area contributed by atoms with Crippen LogP contribution in [0, 0.1) is 5.82 Å². The summed E-state index contributed by atoms with van der Waals surface area (Å²) in [6.07, 6.45) is 1.20. The first-order valence-electron chi connectivity index (χ1n) is 6.80. The molecule has 0 N–H and O–H groups in total. The van der Waals surface area contributed by atoms with Crippen LogP contribution >= 0.6 is 0 Å². The number of benzene rings is 2. The average molecular weight is 286 g/mol. The molecule has 4 heteroatoms. The molecule has 1 aliphatic rings. The van der Waals surface area contributed by atoms with Crippen LogP contribution < -0.4 is 9.47 Å². The maximum absolute atomic E-state index is 14.1. The minimum atomic E-state index is -0.413. The minimum absolute atomic E-state index is 0.105. The van der Waals surface area contributed by atoms with Crippen molar-refractivity contribution in [3.05, 3.63) is 58.9 Å². The van der Waals surface area contributed by atoms with Crippen LogP contribution in [0.1, 0.15) is 27.9 Å². The number of hydrogen-bond donors (Lipinski definition) is 0. The van der Waals surface area contributed by atoms with E-state index >= 15 is 0 Å². The molecule has 21 heavy (non-hydrogen) atoms. The van der Waals surface area contributed by atoms with Gasteiger partial charge in [-0.3, -0.25) is 4.79 Å². The zero-order valence-electron chi connectivity index (χ0n) is 11.7. The Kier molecular flexibility index (Phi) is 3.60. The summed E-state index contributed by atoms with van der Waals surface area (Å²) >= 11 is 0. The molecule has 0 saturated heterocycles. The highest BCUT2D eigenvalue weighted by Crippen LogP contribution is 2.31. The molecule has 2 aromatic carbocycles. The number of rotatable bonds is 4. The summed E-state index contributed by atoms with van der Waals surface area (Å²) in [7, 11) is 1.43. The quantitative estimate of drug-likeness (QED) is 0.862. The molecule has 0 aromatic heterocycles. The predicted molar refractivity (Wildman–Crippen MR) is 76.4 cm³/mol. The van der Waals surface area contributed by atoms with E-state index in [0.29, 0.717) is 24.2 Å². The van der Waals surface area contributed by atoms with Crippen molar-refractivity contribution < 1.29 is 18.7 Å². The first-order valence-corrected chi connectivity index (χ1v) is 6.80. The van der Waals surface area contributed by atoms with E-state index in [0.717, 1.165) is 11.1 Å². The normalized spacial score (nSPS) is 13.1. The molecule has 0 aliphatic heterocycles. The van der Waals surface area contributed by atoms with Crippen LogP contribution in [0.4, 0.5) is 4.39 Å². The third-order valence-electron chi connectivity index (χ3n) is 3.68. The van der Waals surface area contributed by atoms with Gasteiger partial charge in [0.15, 0.2) is 17.3 Å². The van der Waals surface area contributed by atoms with Crippen LogP contribution in [0.25, 0.3) is 0 Å². The van der Waals surface area contributed by atoms with Crippen molar-refractivity contribution in [1.82, 2.24) is 0 Å². The molecule has 0 bridgehead atoms. The van der Waals surface area contributed by atoms with Gasteiger partial charge in [-0.15, -0.1) is 0 Å². The topological polar surface area (TPSA) is 35.5 Å². The fourth-order valence-electron chi connectivity index (χ4n) is 2.57. The van der Waals surface area contributed by atoms with E-state index in [4.69, 9.17) is 9.47 Å². The smallest absolute Gasteiger partial charge is 0.171 e. The van der Waals surface area contributed by atoms with Gasteiger partial charge in [0.25, 0.3) is 0 Å². The maximum Gasteiger partial charge on any atom is 0.171 e. The van der Waals surface area contributed by atoms with Gasteiger partial charge >= 0.3 is 0 Å². The number of Topliss-reactive ketones (excluding diaryl/α,β-unsaturated/α-hetero) is 1. The largest absolute Gasteiger partial charge is 0.494 e. The van der Waals surface area contributed by atoms with Gasteiger partial charge in [0, 0.05) is 23.1 Å². The summed E-state index contributed by atoms with van der Waals surface area (Å²) in [6.45, 7) is 0.105. The molecule has 3 rings (SSSR count). The first-order chi connectivity index (χ1) is 10.2. The Labute approximate surface area is 122 Å². The molecule has 0 heterocycles. The molecule has 1 aliphatic carbocycles. The molecule has 0 saturated carbocycles. The fraction of sp³-hybridized carbons (Fsp3) is 0.235. The van der Waals surface area contributed by atoms with Crippen molar-refractivity contribution in [2.45, 2.75) is 19.4 Å². The molecule has 0 unspecified atom stereocenters. The van der Waals surface area contributed by atoms with Crippen LogP contribution in [0.5, 0.6) is 11.5 Å². The van der Waals surface area contributed by atoms with Crippen molar-refractivity contribution in [1.29, 1.82) is 0 Å². The molecular formula is C17H15FO3. The van der Waals surface area contributed by atoms with Gasteiger partial charge in [-0.2, -0.15) is 0 Å². The standard InChI is InChI=1S/C17H15FO3/c1-20-16-7-2-4-11(17(16)18)10-21-15-6-3-5-12-13(15)8-9-14(12)19/h2-7H,8-10H2,1H3. The first kappa shape index (κ1) is 13.6. The van der Waals surface area contributed by atoms with Crippen LogP contribution in [0.2, 0.25) is 0 Å². The second-order valence-corrected chi connectivity index (χ2v) is 4.93. The van der Waals surface area contributed by atoms with Crippen molar-refractivity contribution in [3.63, 3.8) is 0 Å². The van der Waals surface area contributed by atoms with E-state index in [-0.39, 0.29) is 18.1 Å². The molecule has 3 nitrogen and oxygen atoms in total.